The van der Waals surface area contributed by atoms with Gasteiger partial charge in [-0.3, -0.25) is 4.90 Å². The molecule has 0 saturated heterocycles. The number of halogens is 2. The molecule has 6 heteroatoms. The van der Waals surface area contributed by atoms with E-state index in [9.17, 15) is 4.39 Å². The number of hydrogen-bond donors (Lipinski definition) is 2. The number of H-pyrrole nitrogens is 1. The van der Waals surface area contributed by atoms with Gasteiger partial charge in [0.15, 0.2) is 5.82 Å². The minimum absolute atomic E-state index is 0.385. The SMILES string of the molecule is CC1=CC=CN=C2N1c1c(cc(C)c(-c3cc(F)cc4c(C)c[nH]c34)c1F)NC2(C)C. The summed E-state index contributed by atoms with van der Waals surface area (Å²) >= 11 is 0. The van der Waals surface area contributed by atoms with Gasteiger partial charge in [-0.2, -0.15) is 0 Å². The van der Waals surface area contributed by atoms with Crippen molar-refractivity contribution in [3.63, 3.8) is 0 Å². The van der Waals surface area contributed by atoms with E-state index < -0.39 is 17.2 Å². The summed E-state index contributed by atoms with van der Waals surface area (Å²) in [7, 11) is 0. The summed E-state index contributed by atoms with van der Waals surface area (Å²) in [6.07, 6.45) is 7.30. The summed E-state index contributed by atoms with van der Waals surface area (Å²) < 4.78 is 30.9. The predicted molar refractivity (Wildman–Crippen MR) is 124 cm³/mol. The Balaban J connectivity index is 1.84. The van der Waals surface area contributed by atoms with Crippen LogP contribution in [0.15, 0.2) is 53.4 Å². The lowest BCUT2D eigenvalue weighted by molar-refractivity contribution is 0.622. The zero-order valence-electron chi connectivity index (χ0n) is 18.2. The summed E-state index contributed by atoms with van der Waals surface area (Å²) in [5.74, 6) is -0.0888. The number of aryl methyl sites for hydroxylation is 2. The van der Waals surface area contributed by atoms with Crippen LogP contribution in [-0.4, -0.2) is 16.4 Å². The number of nitrogens with zero attached hydrogens (tertiary/aromatic N) is 2. The summed E-state index contributed by atoms with van der Waals surface area (Å²) in [6.45, 7) is 9.74. The number of aromatic nitrogens is 1. The topological polar surface area (TPSA) is 43.4 Å². The van der Waals surface area contributed by atoms with Crippen molar-refractivity contribution in [2.24, 2.45) is 4.99 Å². The van der Waals surface area contributed by atoms with E-state index in [4.69, 9.17) is 0 Å². The molecule has 2 aliphatic rings. The third kappa shape index (κ3) is 2.81. The third-order valence-corrected chi connectivity index (χ3v) is 6.08. The quantitative estimate of drug-likeness (QED) is 0.469. The third-order valence-electron chi connectivity index (χ3n) is 6.08. The first-order valence-electron chi connectivity index (χ1n) is 10.3. The van der Waals surface area contributed by atoms with Crippen molar-refractivity contribution >= 4 is 28.1 Å². The number of hydrogen-bond acceptors (Lipinski definition) is 3. The molecule has 0 radical (unpaired) electrons. The number of aliphatic imine (C=N–C) groups is 1. The molecule has 0 atom stereocenters. The Morgan fingerprint density at radius 2 is 1.81 bits per heavy atom. The Labute approximate surface area is 180 Å². The number of anilines is 2. The van der Waals surface area contributed by atoms with E-state index in [1.165, 1.54) is 12.1 Å². The second-order valence-electron chi connectivity index (χ2n) is 8.81. The fourth-order valence-corrected chi connectivity index (χ4v) is 4.65. The average molecular weight is 418 g/mol. The summed E-state index contributed by atoms with van der Waals surface area (Å²) in [5.41, 5.74) is 4.72. The molecule has 2 N–H and O–H groups in total. The Morgan fingerprint density at radius 1 is 1.03 bits per heavy atom. The number of rotatable bonds is 1. The minimum atomic E-state index is -0.500. The molecule has 0 aliphatic carbocycles. The first-order valence-corrected chi connectivity index (χ1v) is 10.3. The van der Waals surface area contributed by atoms with Crippen molar-refractivity contribution in [1.29, 1.82) is 0 Å². The van der Waals surface area contributed by atoms with Gasteiger partial charge < -0.3 is 10.3 Å². The molecule has 1 aromatic heterocycles. The normalized spacial score (nSPS) is 16.9. The molecule has 3 heterocycles. The minimum Gasteiger partial charge on any atom is -0.371 e. The van der Waals surface area contributed by atoms with Gasteiger partial charge in [-0.15, -0.1) is 0 Å². The second-order valence-corrected chi connectivity index (χ2v) is 8.81. The number of amidine groups is 1. The van der Waals surface area contributed by atoms with Crippen LogP contribution in [0.2, 0.25) is 0 Å². The molecule has 3 aromatic rings. The molecular formula is C25H24F2N4. The highest BCUT2D eigenvalue weighted by atomic mass is 19.1. The van der Waals surface area contributed by atoms with Crippen molar-refractivity contribution < 1.29 is 8.78 Å². The van der Waals surface area contributed by atoms with E-state index in [1.807, 2.05) is 63.9 Å². The molecular weight excluding hydrogens is 394 g/mol. The predicted octanol–water partition coefficient (Wildman–Crippen LogP) is 6.57. The van der Waals surface area contributed by atoms with Crippen molar-refractivity contribution in [3.05, 3.63) is 71.2 Å². The number of benzene rings is 2. The largest absolute Gasteiger partial charge is 0.371 e. The van der Waals surface area contributed by atoms with Crippen LogP contribution >= 0.6 is 0 Å². The van der Waals surface area contributed by atoms with E-state index in [2.05, 4.69) is 15.3 Å². The monoisotopic (exact) mass is 418 g/mol. The van der Waals surface area contributed by atoms with Crippen LogP contribution in [0.4, 0.5) is 20.2 Å². The molecule has 0 fully saturated rings. The van der Waals surface area contributed by atoms with Gasteiger partial charge in [-0.1, -0.05) is 0 Å². The van der Waals surface area contributed by atoms with Crippen LogP contribution in [0.5, 0.6) is 0 Å². The highest BCUT2D eigenvalue weighted by Crippen LogP contribution is 2.46. The highest BCUT2D eigenvalue weighted by molar-refractivity contribution is 6.14. The van der Waals surface area contributed by atoms with E-state index in [-0.39, 0.29) is 0 Å². The van der Waals surface area contributed by atoms with E-state index in [0.29, 0.717) is 28.3 Å². The fraction of sp³-hybridized carbons (Fsp3) is 0.240. The van der Waals surface area contributed by atoms with Gasteiger partial charge in [-0.25, -0.2) is 13.8 Å². The maximum Gasteiger partial charge on any atom is 0.157 e. The molecule has 0 saturated carbocycles. The molecule has 31 heavy (non-hydrogen) atoms. The van der Waals surface area contributed by atoms with Crippen molar-refractivity contribution in [1.82, 2.24) is 4.98 Å². The van der Waals surface area contributed by atoms with E-state index in [0.717, 1.165) is 27.7 Å². The van der Waals surface area contributed by atoms with Crippen LogP contribution in [0, 0.1) is 25.5 Å². The van der Waals surface area contributed by atoms with Crippen LogP contribution in [-0.2, 0) is 0 Å². The molecule has 158 valence electrons. The van der Waals surface area contributed by atoms with Gasteiger partial charge in [-0.05, 0) is 76.1 Å². The van der Waals surface area contributed by atoms with Gasteiger partial charge in [0.1, 0.15) is 17.3 Å². The van der Waals surface area contributed by atoms with Crippen molar-refractivity contribution in [3.8, 4) is 11.1 Å². The Morgan fingerprint density at radius 3 is 2.58 bits per heavy atom. The van der Waals surface area contributed by atoms with E-state index >= 15 is 4.39 Å². The Hall–Kier alpha value is -3.41. The van der Waals surface area contributed by atoms with Gasteiger partial charge in [0.05, 0.1) is 16.7 Å². The zero-order valence-corrected chi connectivity index (χ0v) is 18.2. The standard InChI is InChI=1S/C25H24F2N4/c1-13-9-19-23(31-15(3)7-6-8-28-24(31)25(4,5)30-19)21(27)20(13)18-11-16(26)10-17-14(2)12-29-22(17)18/h6-12,29-30H,1-5H3. The first kappa shape index (κ1) is 19.5. The fourth-order valence-electron chi connectivity index (χ4n) is 4.65. The lowest BCUT2D eigenvalue weighted by atomic mass is 9.91. The Kier molecular flexibility index (Phi) is 4.13. The Bertz CT molecular complexity index is 1340. The molecule has 0 unspecified atom stereocenters. The molecule has 0 bridgehead atoms. The lowest BCUT2D eigenvalue weighted by Crippen LogP contribution is -2.53. The van der Waals surface area contributed by atoms with Gasteiger partial charge in [0, 0.05) is 34.6 Å². The number of fused-ring (bicyclic) bond motifs is 4. The molecule has 0 spiro atoms. The summed E-state index contributed by atoms with van der Waals surface area (Å²) in [6, 6.07) is 4.82. The van der Waals surface area contributed by atoms with Crippen LogP contribution < -0.4 is 10.2 Å². The molecule has 4 nitrogen and oxygen atoms in total. The van der Waals surface area contributed by atoms with Crippen molar-refractivity contribution in [2.45, 2.75) is 40.2 Å². The summed E-state index contributed by atoms with van der Waals surface area (Å²) in [5, 5.41) is 4.19. The average Bonchev–Trinajstić information content (AvgIpc) is 2.93. The molecule has 5 rings (SSSR count). The number of aromatic amines is 1. The lowest BCUT2D eigenvalue weighted by Gasteiger charge is -2.43. The molecule has 2 aliphatic heterocycles. The number of nitrogens with one attached hydrogen (secondary N) is 2. The van der Waals surface area contributed by atoms with Gasteiger partial charge in [0.2, 0.25) is 0 Å². The van der Waals surface area contributed by atoms with Crippen LogP contribution in [0.1, 0.15) is 31.9 Å². The summed E-state index contributed by atoms with van der Waals surface area (Å²) in [4.78, 5) is 9.65. The maximum atomic E-state index is 16.4. The van der Waals surface area contributed by atoms with Gasteiger partial charge >= 0.3 is 0 Å². The maximum absolute atomic E-state index is 16.4. The van der Waals surface area contributed by atoms with Crippen LogP contribution in [0.25, 0.3) is 22.0 Å². The van der Waals surface area contributed by atoms with E-state index in [1.54, 1.807) is 6.20 Å². The smallest absolute Gasteiger partial charge is 0.157 e. The van der Waals surface area contributed by atoms with Crippen LogP contribution in [0.3, 0.4) is 0 Å². The first-order chi connectivity index (χ1) is 14.7. The van der Waals surface area contributed by atoms with Gasteiger partial charge in [0.25, 0.3) is 0 Å². The highest BCUT2D eigenvalue weighted by Gasteiger charge is 2.40. The zero-order chi connectivity index (χ0) is 22.1. The molecule has 0 amide bonds. The molecule has 2 aromatic carbocycles. The second kappa shape index (κ2) is 6.54. The number of allylic oxidation sites excluding steroid dienone is 3. The van der Waals surface area contributed by atoms with Crippen molar-refractivity contribution in [2.75, 3.05) is 10.2 Å².